The molecule has 0 aliphatic rings. The summed E-state index contributed by atoms with van der Waals surface area (Å²) < 4.78 is 33.7. The SMILES string of the molecule is COc1ccc(Cl)cc1CN(C)C(=O)CCCOc1ccc(S(C)(=O)=O)cc1. The predicted octanol–water partition coefficient (Wildman–Crippen LogP) is 3.57. The molecule has 0 spiro atoms. The highest BCUT2D eigenvalue weighted by atomic mass is 35.5. The number of carbonyl (C=O) groups is 1. The summed E-state index contributed by atoms with van der Waals surface area (Å²) in [5.41, 5.74) is 0.841. The number of nitrogens with zero attached hydrogens (tertiary/aromatic N) is 1. The number of sulfone groups is 1. The molecule has 2 aromatic carbocycles. The predicted molar refractivity (Wildman–Crippen MR) is 109 cm³/mol. The summed E-state index contributed by atoms with van der Waals surface area (Å²) in [6.45, 7) is 0.759. The van der Waals surface area contributed by atoms with Crippen molar-refractivity contribution in [2.75, 3.05) is 27.0 Å². The molecule has 2 rings (SSSR count). The summed E-state index contributed by atoms with van der Waals surface area (Å²) in [5.74, 6) is 1.24. The molecule has 0 atom stereocenters. The molecule has 0 N–H and O–H groups in total. The first-order chi connectivity index (χ1) is 13.2. The minimum Gasteiger partial charge on any atom is -0.496 e. The third kappa shape index (κ3) is 6.42. The van der Waals surface area contributed by atoms with Crippen LogP contribution in [0.15, 0.2) is 47.4 Å². The van der Waals surface area contributed by atoms with Gasteiger partial charge < -0.3 is 14.4 Å². The van der Waals surface area contributed by atoms with Crippen LogP contribution >= 0.6 is 11.6 Å². The van der Waals surface area contributed by atoms with Gasteiger partial charge in [-0.15, -0.1) is 0 Å². The number of halogens is 1. The van der Waals surface area contributed by atoms with Gasteiger partial charge >= 0.3 is 0 Å². The van der Waals surface area contributed by atoms with Crippen LogP contribution in [0.25, 0.3) is 0 Å². The molecule has 0 unspecified atom stereocenters. The van der Waals surface area contributed by atoms with Crippen LogP contribution < -0.4 is 9.47 Å². The summed E-state index contributed by atoms with van der Waals surface area (Å²) in [6, 6.07) is 11.5. The average Bonchev–Trinajstić information content (AvgIpc) is 2.65. The van der Waals surface area contributed by atoms with Crippen molar-refractivity contribution in [3.8, 4) is 11.5 Å². The summed E-state index contributed by atoms with van der Waals surface area (Å²) in [7, 11) is 0.0852. The summed E-state index contributed by atoms with van der Waals surface area (Å²) in [4.78, 5) is 14.2. The van der Waals surface area contributed by atoms with Gasteiger partial charge in [-0.25, -0.2) is 8.42 Å². The number of methoxy groups -OCH3 is 1. The molecule has 0 fully saturated rings. The van der Waals surface area contributed by atoms with Gasteiger partial charge in [0.25, 0.3) is 0 Å². The van der Waals surface area contributed by atoms with Gasteiger partial charge in [0.2, 0.25) is 5.91 Å². The first-order valence-corrected chi connectivity index (χ1v) is 11.0. The van der Waals surface area contributed by atoms with E-state index in [9.17, 15) is 13.2 Å². The van der Waals surface area contributed by atoms with Crippen molar-refractivity contribution < 1.29 is 22.7 Å². The molecule has 0 radical (unpaired) electrons. The van der Waals surface area contributed by atoms with Crippen LogP contribution in [0.4, 0.5) is 0 Å². The lowest BCUT2D eigenvalue weighted by molar-refractivity contribution is -0.130. The molecule has 28 heavy (non-hydrogen) atoms. The fraction of sp³-hybridized carbons (Fsp3) is 0.350. The van der Waals surface area contributed by atoms with Gasteiger partial charge in [0.15, 0.2) is 9.84 Å². The van der Waals surface area contributed by atoms with Crippen LogP contribution in [-0.4, -0.2) is 46.2 Å². The highest BCUT2D eigenvalue weighted by Crippen LogP contribution is 2.24. The molecule has 8 heteroatoms. The zero-order valence-electron chi connectivity index (χ0n) is 16.1. The van der Waals surface area contributed by atoms with E-state index in [0.717, 1.165) is 11.8 Å². The van der Waals surface area contributed by atoms with E-state index >= 15 is 0 Å². The number of benzene rings is 2. The van der Waals surface area contributed by atoms with E-state index in [1.165, 1.54) is 12.1 Å². The van der Waals surface area contributed by atoms with Crippen LogP contribution in [0.2, 0.25) is 5.02 Å². The van der Waals surface area contributed by atoms with Gasteiger partial charge in [-0.1, -0.05) is 11.6 Å². The smallest absolute Gasteiger partial charge is 0.222 e. The zero-order valence-corrected chi connectivity index (χ0v) is 17.7. The Morgan fingerprint density at radius 1 is 1.14 bits per heavy atom. The second-order valence-electron chi connectivity index (χ2n) is 6.40. The molecule has 0 saturated carbocycles. The number of carbonyl (C=O) groups excluding carboxylic acids is 1. The first-order valence-electron chi connectivity index (χ1n) is 8.70. The Labute approximate surface area is 170 Å². The van der Waals surface area contributed by atoms with Crippen LogP contribution in [0.3, 0.4) is 0 Å². The lowest BCUT2D eigenvalue weighted by atomic mass is 10.2. The maximum Gasteiger partial charge on any atom is 0.222 e. The number of hydrogen-bond acceptors (Lipinski definition) is 5. The molecule has 0 heterocycles. The normalized spacial score (nSPS) is 11.1. The Morgan fingerprint density at radius 3 is 2.43 bits per heavy atom. The molecule has 0 aliphatic heterocycles. The minimum absolute atomic E-state index is 0.0157. The molecule has 0 aliphatic carbocycles. The molecule has 0 saturated heterocycles. The number of hydrogen-bond donors (Lipinski definition) is 0. The van der Waals surface area contributed by atoms with E-state index in [1.807, 2.05) is 0 Å². The maximum atomic E-state index is 12.3. The van der Waals surface area contributed by atoms with Crippen molar-refractivity contribution in [2.24, 2.45) is 0 Å². The number of rotatable bonds is 9. The largest absolute Gasteiger partial charge is 0.496 e. The quantitative estimate of drug-likeness (QED) is 0.574. The lowest BCUT2D eigenvalue weighted by Gasteiger charge is -2.19. The number of ether oxygens (including phenoxy) is 2. The Kier molecular flexibility index (Phi) is 7.71. The van der Waals surface area contributed by atoms with Gasteiger partial charge in [-0.3, -0.25) is 4.79 Å². The van der Waals surface area contributed by atoms with E-state index in [-0.39, 0.29) is 10.8 Å². The highest BCUT2D eigenvalue weighted by Gasteiger charge is 2.13. The van der Waals surface area contributed by atoms with E-state index in [2.05, 4.69) is 0 Å². The van der Waals surface area contributed by atoms with E-state index in [0.29, 0.717) is 42.5 Å². The second kappa shape index (κ2) is 9.80. The summed E-state index contributed by atoms with van der Waals surface area (Å²) in [5, 5.41) is 0.590. The highest BCUT2D eigenvalue weighted by molar-refractivity contribution is 7.90. The van der Waals surface area contributed by atoms with Crippen LogP contribution in [-0.2, 0) is 21.2 Å². The van der Waals surface area contributed by atoms with E-state index in [1.54, 1.807) is 49.4 Å². The van der Waals surface area contributed by atoms with Gasteiger partial charge in [-0.05, 0) is 48.9 Å². The zero-order chi connectivity index (χ0) is 20.7. The third-order valence-corrected chi connectivity index (χ3v) is 5.49. The van der Waals surface area contributed by atoms with Gasteiger partial charge in [0.1, 0.15) is 11.5 Å². The average molecular weight is 426 g/mol. The van der Waals surface area contributed by atoms with Crippen molar-refractivity contribution in [3.05, 3.63) is 53.1 Å². The Morgan fingerprint density at radius 2 is 1.82 bits per heavy atom. The molecule has 1 amide bonds. The van der Waals surface area contributed by atoms with Crippen molar-refractivity contribution in [1.82, 2.24) is 4.90 Å². The monoisotopic (exact) mass is 425 g/mol. The van der Waals surface area contributed by atoms with Crippen molar-refractivity contribution in [2.45, 2.75) is 24.3 Å². The Hall–Kier alpha value is -2.25. The van der Waals surface area contributed by atoms with Crippen LogP contribution in [0.5, 0.6) is 11.5 Å². The van der Waals surface area contributed by atoms with Crippen molar-refractivity contribution in [1.29, 1.82) is 0 Å². The van der Waals surface area contributed by atoms with E-state index < -0.39 is 9.84 Å². The van der Waals surface area contributed by atoms with E-state index in [4.69, 9.17) is 21.1 Å². The molecule has 6 nitrogen and oxygen atoms in total. The molecule has 152 valence electrons. The topological polar surface area (TPSA) is 72.9 Å². The van der Waals surface area contributed by atoms with Crippen LogP contribution in [0.1, 0.15) is 18.4 Å². The molecular formula is C20H24ClNO5S. The molecule has 0 bridgehead atoms. The third-order valence-electron chi connectivity index (χ3n) is 4.13. The van der Waals surface area contributed by atoms with Crippen molar-refractivity contribution >= 4 is 27.3 Å². The Balaban J connectivity index is 1.80. The van der Waals surface area contributed by atoms with Gasteiger partial charge in [0.05, 0.1) is 18.6 Å². The first kappa shape index (κ1) is 22.0. The van der Waals surface area contributed by atoms with Crippen LogP contribution in [0, 0.1) is 0 Å². The molecule has 2 aromatic rings. The molecule has 0 aromatic heterocycles. The fourth-order valence-corrected chi connectivity index (χ4v) is 3.43. The maximum absolute atomic E-state index is 12.3. The lowest BCUT2D eigenvalue weighted by Crippen LogP contribution is -2.26. The summed E-state index contributed by atoms with van der Waals surface area (Å²) in [6.07, 6.45) is 2.04. The van der Waals surface area contributed by atoms with Gasteiger partial charge in [-0.2, -0.15) is 0 Å². The minimum atomic E-state index is -3.22. The molecular weight excluding hydrogens is 402 g/mol. The standard InChI is InChI=1S/C20H24ClNO5S/c1-22(14-15-13-16(21)6-11-19(15)26-2)20(23)5-4-12-27-17-7-9-18(10-8-17)28(3,24)25/h6-11,13H,4-5,12,14H2,1-3H3. The summed E-state index contributed by atoms with van der Waals surface area (Å²) >= 11 is 6.02. The fourth-order valence-electron chi connectivity index (χ4n) is 2.60. The number of amides is 1. The Bertz CT molecular complexity index is 913. The van der Waals surface area contributed by atoms with Crippen molar-refractivity contribution in [3.63, 3.8) is 0 Å². The van der Waals surface area contributed by atoms with Gasteiger partial charge in [0, 0.05) is 36.9 Å². The second-order valence-corrected chi connectivity index (χ2v) is 8.85.